The van der Waals surface area contributed by atoms with Crippen LogP contribution in [-0.4, -0.2) is 41.0 Å². The zero-order valence-electron chi connectivity index (χ0n) is 29.2. The molecule has 0 spiro atoms. The molecule has 0 rings (SSSR count). The predicted octanol–water partition coefficient (Wildman–Crippen LogP) is 10.6. The molecular weight excluding hydrogens is 603 g/mol. The van der Waals surface area contributed by atoms with Crippen molar-refractivity contribution < 1.29 is 37.9 Å². The number of esters is 2. The van der Waals surface area contributed by atoms with Crippen LogP contribution in [0, 0.1) is 0 Å². The molecule has 0 saturated carbocycles. The molecule has 0 aliphatic heterocycles. The van der Waals surface area contributed by atoms with Crippen LogP contribution in [-0.2, 0) is 28.2 Å². The number of carbonyl (C=O) groups is 2. The van der Waals surface area contributed by atoms with Crippen molar-refractivity contribution in [1.82, 2.24) is 0 Å². The highest BCUT2D eigenvalue weighted by Crippen LogP contribution is 2.36. The van der Waals surface area contributed by atoms with Crippen LogP contribution < -0.4 is 0 Å². The van der Waals surface area contributed by atoms with Crippen molar-refractivity contribution in [3.05, 3.63) is 36.5 Å². The number of ether oxygens (including phenoxy) is 2. The average Bonchev–Trinajstić information content (AvgIpc) is 3.02. The summed E-state index contributed by atoms with van der Waals surface area (Å²) in [4.78, 5) is 42.6. The summed E-state index contributed by atoms with van der Waals surface area (Å²) >= 11 is 0. The van der Waals surface area contributed by atoms with E-state index >= 15 is 0 Å². The second-order valence-corrected chi connectivity index (χ2v) is 13.4. The number of phosphoric ester groups is 1. The van der Waals surface area contributed by atoms with Gasteiger partial charge >= 0.3 is 19.8 Å². The summed E-state index contributed by atoms with van der Waals surface area (Å²) in [6.45, 7) is 3.60. The Labute approximate surface area is 281 Å². The van der Waals surface area contributed by atoms with Gasteiger partial charge in [-0.05, 0) is 64.2 Å². The first kappa shape index (κ1) is 44.3. The molecule has 0 aromatic rings. The van der Waals surface area contributed by atoms with Gasteiger partial charge in [-0.25, -0.2) is 4.57 Å². The van der Waals surface area contributed by atoms with E-state index in [9.17, 15) is 14.2 Å². The molecule has 8 nitrogen and oxygen atoms in total. The van der Waals surface area contributed by atoms with Gasteiger partial charge in [-0.2, -0.15) is 0 Å². The third-order valence-corrected chi connectivity index (χ3v) is 8.12. The van der Waals surface area contributed by atoms with E-state index in [2.05, 4.69) is 54.8 Å². The Bertz CT molecular complexity index is 848. The SMILES string of the molecule is CCCC/C=C\C/C=C\CCCCCCCC(=O)O[C@H](COC(=O)CCCCCCC/C=C\CCCCCCC)COP(=O)(O)O. The topological polar surface area (TPSA) is 119 Å². The minimum Gasteiger partial charge on any atom is -0.462 e. The predicted molar refractivity (Wildman–Crippen MR) is 188 cm³/mol. The first-order chi connectivity index (χ1) is 22.3. The first-order valence-corrected chi connectivity index (χ1v) is 19.8. The van der Waals surface area contributed by atoms with Gasteiger partial charge in [0.2, 0.25) is 0 Å². The Kier molecular flexibility index (Phi) is 31.9. The van der Waals surface area contributed by atoms with Gasteiger partial charge in [0, 0.05) is 12.8 Å². The number of hydrogen-bond donors (Lipinski definition) is 2. The number of unbranched alkanes of at least 4 members (excludes halogenated alkanes) is 17. The van der Waals surface area contributed by atoms with Crippen molar-refractivity contribution in [3.8, 4) is 0 Å². The molecule has 0 fully saturated rings. The maximum atomic E-state index is 12.3. The molecule has 1 atom stereocenters. The van der Waals surface area contributed by atoms with E-state index < -0.39 is 32.5 Å². The Hall–Kier alpha value is -1.73. The molecule has 0 heterocycles. The van der Waals surface area contributed by atoms with Gasteiger partial charge in [-0.1, -0.05) is 127 Å². The zero-order chi connectivity index (χ0) is 34.0. The fraction of sp³-hybridized carbons (Fsp3) is 0.784. The second-order valence-electron chi connectivity index (χ2n) is 12.2. The van der Waals surface area contributed by atoms with Crippen LogP contribution in [0.15, 0.2) is 36.5 Å². The number of phosphoric acid groups is 1. The molecule has 46 heavy (non-hydrogen) atoms. The fourth-order valence-electron chi connectivity index (χ4n) is 4.85. The normalized spacial score (nSPS) is 12.9. The second kappa shape index (κ2) is 33.2. The largest absolute Gasteiger partial charge is 0.469 e. The van der Waals surface area contributed by atoms with E-state index in [1.165, 1.54) is 51.4 Å². The number of hydrogen-bond acceptors (Lipinski definition) is 6. The van der Waals surface area contributed by atoms with Gasteiger partial charge in [0.25, 0.3) is 0 Å². The fourth-order valence-corrected chi connectivity index (χ4v) is 5.21. The number of rotatable bonds is 33. The molecule has 0 aromatic heterocycles. The standard InChI is InChI=1S/C37H67O8P/c1-3-5-7-9-11-13-15-17-19-21-23-25-27-29-31-36(38)43-33-35(34-44-46(40,41)42)45-37(39)32-30-28-26-24-22-20-18-16-14-12-10-8-6-4-2/h10,12,15-18,35H,3-9,11,13-14,19-34H2,1-2H3,(H2,40,41,42)/b12-10-,17-15-,18-16-/t35-/m1/s1. The summed E-state index contributed by atoms with van der Waals surface area (Å²) < 4.78 is 26.2. The van der Waals surface area contributed by atoms with E-state index in [4.69, 9.17) is 19.3 Å². The Morgan fingerprint density at radius 3 is 1.52 bits per heavy atom. The van der Waals surface area contributed by atoms with E-state index in [0.29, 0.717) is 12.8 Å². The number of carbonyl (C=O) groups excluding carboxylic acids is 2. The van der Waals surface area contributed by atoms with Gasteiger partial charge in [-0.3, -0.25) is 14.1 Å². The lowest BCUT2D eigenvalue weighted by atomic mass is 10.1. The van der Waals surface area contributed by atoms with Crippen molar-refractivity contribution in [3.63, 3.8) is 0 Å². The van der Waals surface area contributed by atoms with Crippen molar-refractivity contribution in [2.45, 2.75) is 174 Å². The Morgan fingerprint density at radius 2 is 1.00 bits per heavy atom. The van der Waals surface area contributed by atoms with Gasteiger partial charge in [0.15, 0.2) is 6.10 Å². The van der Waals surface area contributed by atoms with Crippen LogP contribution >= 0.6 is 7.82 Å². The van der Waals surface area contributed by atoms with E-state index in [-0.39, 0.29) is 19.4 Å². The van der Waals surface area contributed by atoms with Gasteiger partial charge in [0.05, 0.1) is 6.61 Å². The zero-order valence-corrected chi connectivity index (χ0v) is 30.1. The summed E-state index contributed by atoms with van der Waals surface area (Å²) in [6.07, 6.45) is 37.2. The minimum absolute atomic E-state index is 0.194. The lowest BCUT2D eigenvalue weighted by Gasteiger charge is -2.18. The van der Waals surface area contributed by atoms with Gasteiger partial charge in [-0.15, -0.1) is 0 Å². The summed E-state index contributed by atoms with van der Waals surface area (Å²) in [6, 6.07) is 0. The Morgan fingerprint density at radius 1 is 0.565 bits per heavy atom. The van der Waals surface area contributed by atoms with Crippen molar-refractivity contribution in [2.24, 2.45) is 0 Å². The molecule has 0 aliphatic rings. The molecule has 268 valence electrons. The van der Waals surface area contributed by atoms with Crippen molar-refractivity contribution >= 4 is 19.8 Å². The van der Waals surface area contributed by atoms with Crippen LogP contribution in [0.25, 0.3) is 0 Å². The molecule has 9 heteroatoms. The minimum atomic E-state index is -4.75. The lowest BCUT2D eigenvalue weighted by Crippen LogP contribution is -2.29. The van der Waals surface area contributed by atoms with E-state index in [0.717, 1.165) is 77.0 Å². The summed E-state index contributed by atoms with van der Waals surface area (Å²) in [7, 11) is -4.75. The van der Waals surface area contributed by atoms with E-state index in [1.807, 2.05) is 0 Å². The highest BCUT2D eigenvalue weighted by Gasteiger charge is 2.22. The third-order valence-electron chi connectivity index (χ3n) is 7.63. The van der Waals surface area contributed by atoms with Crippen LogP contribution in [0.4, 0.5) is 0 Å². The summed E-state index contributed by atoms with van der Waals surface area (Å²) in [5, 5.41) is 0. The number of allylic oxidation sites excluding steroid dienone is 6. The first-order valence-electron chi connectivity index (χ1n) is 18.3. The molecular formula is C37H67O8P. The molecule has 0 bridgehead atoms. The van der Waals surface area contributed by atoms with Crippen LogP contribution in [0.1, 0.15) is 168 Å². The molecule has 0 radical (unpaired) electrons. The lowest BCUT2D eigenvalue weighted by molar-refractivity contribution is -0.161. The monoisotopic (exact) mass is 670 g/mol. The highest BCUT2D eigenvalue weighted by molar-refractivity contribution is 7.46. The summed E-state index contributed by atoms with van der Waals surface area (Å²) in [5.74, 6) is -0.913. The maximum absolute atomic E-state index is 12.3. The smallest absolute Gasteiger partial charge is 0.462 e. The molecule has 0 amide bonds. The van der Waals surface area contributed by atoms with Crippen LogP contribution in [0.2, 0.25) is 0 Å². The molecule has 0 saturated heterocycles. The van der Waals surface area contributed by atoms with Crippen LogP contribution in [0.3, 0.4) is 0 Å². The maximum Gasteiger partial charge on any atom is 0.469 e. The van der Waals surface area contributed by atoms with Crippen molar-refractivity contribution in [1.29, 1.82) is 0 Å². The molecule has 0 aromatic carbocycles. The third kappa shape index (κ3) is 35.1. The van der Waals surface area contributed by atoms with Crippen molar-refractivity contribution in [2.75, 3.05) is 13.2 Å². The quantitative estimate of drug-likeness (QED) is 0.0306. The Balaban J connectivity index is 4.02. The molecule has 2 N–H and O–H groups in total. The highest BCUT2D eigenvalue weighted by atomic mass is 31.2. The summed E-state index contributed by atoms with van der Waals surface area (Å²) in [5.41, 5.74) is 0. The van der Waals surface area contributed by atoms with Gasteiger partial charge < -0.3 is 19.3 Å². The van der Waals surface area contributed by atoms with Crippen LogP contribution in [0.5, 0.6) is 0 Å². The molecule has 0 unspecified atom stereocenters. The molecule has 0 aliphatic carbocycles. The van der Waals surface area contributed by atoms with Gasteiger partial charge in [0.1, 0.15) is 6.61 Å². The average molecular weight is 671 g/mol. The van der Waals surface area contributed by atoms with E-state index in [1.54, 1.807) is 0 Å².